The van der Waals surface area contributed by atoms with E-state index in [-0.39, 0.29) is 0 Å². The Morgan fingerprint density at radius 1 is 1.40 bits per heavy atom. The SMILES string of the molecule is CCCC12C[C-](C1)C2.[Cl][Zn+]. The molecule has 0 amide bonds. The van der Waals surface area contributed by atoms with Crippen molar-refractivity contribution in [3.8, 4) is 0 Å². The average molecular weight is 210 g/mol. The summed E-state index contributed by atoms with van der Waals surface area (Å²) in [6.45, 7) is 2.30. The van der Waals surface area contributed by atoms with Crippen LogP contribution < -0.4 is 0 Å². The van der Waals surface area contributed by atoms with Crippen molar-refractivity contribution in [2.45, 2.75) is 39.0 Å². The molecule has 0 heterocycles. The van der Waals surface area contributed by atoms with Crippen molar-refractivity contribution in [2.75, 3.05) is 0 Å². The summed E-state index contributed by atoms with van der Waals surface area (Å²) in [5, 5.41) is 0. The predicted molar refractivity (Wildman–Crippen MR) is 40.3 cm³/mol. The molecule has 0 saturated heterocycles. The van der Waals surface area contributed by atoms with Crippen molar-refractivity contribution in [2.24, 2.45) is 5.41 Å². The van der Waals surface area contributed by atoms with E-state index in [1.54, 1.807) is 0 Å². The van der Waals surface area contributed by atoms with E-state index in [1.165, 1.54) is 32.1 Å². The van der Waals surface area contributed by atoms with Crippen LogP contribution in [-0.2, 0) is 17.3 Å². The first-order chi connectivity index (χ1) is 4.85. The first kappa shape index (κ1) is 9.01. The van der Waals surface area contributed by atoms with E-state index in [4.69, 9.17) is 9.69 Å². The second kappa shape index (κ2) is 3.54. The molecule has 3 aliphatic carbocycles. The van der Waals surface area contributed by atoms with Gasteiger partial charge in [-0.3, -0.25) is 0 Å². The Morgan fingerprint density at radius 2 is 1.90 bits per heavy atom. The zero-order valence-corrected chi connectivity index (χ0v) is 10.3. The second-order valence-corrected chi connectivity index (χ2v) is 3.53. The molecule has 3 fully saturated rings. The molecule has 0 aromatic heterocycles. The van der Waals surface area contributed by atoms with Gasteiger partial charge in [-0.1, -0.05) is 19.8 Å². The van der Waals surface area contributed by atoms with Crippen LogP contribution in [0, 0.1) is 11.3 Å². The van der Waals surface area contributed by atoms with E-state index in [0.717, 1.165) is 22.7 Å². The first-order valence-electron chi connectivity index (χ1n) is 3.95. The fourth-order valence-corrected chi connectivity index (χ4v) is 2.23. The Balaban J connectivity index is 0.000000231. The molecule has 0 N–H and O–H groups in total. The topological polar surface area (TPSA) is 0 Å². The van der Waals surface area contributed by atoms with E-state index in [9.17, 15) is 0 Å². The van der Waals surface area contributed by atoms with Gasteiger partial charge in [0.25, 0.3) is 0 Å². The van der Waals surface area contributed by atoms with Gasteiger partial charge >= 0.3 is 27.0 Å². The summed E-state index contributed by atoms with van der Waals surface area (Å²) >= 11 is 0.847. The molecule has 3 rings (SSSR count). The zero-order chi connectivity index (χ0) is 7.61. The summed E-state index contributed by atoms with van der Waals surface area (Å²) in [5.41, 5.74) is 0.879. The van der Waals surface area contributed by atoms with Crippen LogP contribution in [0.15, 0.2) is 0 Å². The van der Waals surface area contributed by atoms with Gasteiger partial charge in [0.1, 0.15) is 0 Å². The van der Waals surface area contributed by atoms with E-state index in [1.807, 2.05) is 5.92 Å². The molecule has 2 bridgehead atoms. The fourth-order valence-electron chi connectivity index (χ4n) is 2.23. The van der Waals surface area contributed by atoms with Crippen LogP contribution in [0.5, 0.6) is 0 Å². The average Bonchev–Trinajstić information content (AvgIpc) is 1.81. The summed E-state index contributed by atoms with van der Waals surface area (Å²) in [4.78, 5) is 0. The monoisotopic (exact) mass is 208 g/mol. The van der Waals surface area contributed by atoms with E-state index in [0.29, 0.717) is 0 Å². The Bertz CT molecular complexity index is 96.8. The second-order valence-electron chi connectivity index (χ2n) is 3.53. The molecule has 2 heteroatoms. The number of hydrogen-bond acceptors (Lipinski definition) is 0. The standard InChI is InChI=1S/C8H13.ClH.Zn/c1-2-3-8-4-7(5-8)6-8;;/h2-6H2,1H3;1H;/q-1;;+2/p-1. The van der Waals surface area contributed by atoms with Crippen molar-refractivity contribution < 1.29 is 17.3 Å². The van der Waals surface area contributed by atoms with Gasteiger partial charge in [0.05, 0.1) is 0 Å². The Kier molecular flexibility index (Phi) is 3.19. The number of halogens is 1. The molecule has 0 aromatic carbocycles. The van der Waals surface area contributed by atoms with Crippen LogP contribution in [-0.4, -0.2) is 0 Å². The van der Waals surface area contributed by atoms with Gasteiger partial charge in [0.2, 0.25) is 0 Å². The van der Waals surface area contributed by atoms with Crippen LogP contribution >= 0.6 is 9.69 Å². The van der Waals surface area contributed by atoms with Crippen LogP contribution in [0.3, 0.4) is 0 Å². The van der Waals surface area contributed by atoms with E-state index < -0.39 is 0 Å². The maximum atomic E-state index is 4.76. The maximum absolute atomic E-state index is 4.76. The predicted octanol–water partition coefficient (Wildman–Crippen LogP) is 3.23. The van der Waals surface area contributed by atoms with Crippen LogP contribution in [0.1, 0.15) is 39.0 Å². The van der Waals surface area contributed by atoms with Gasteiger partial charge < -0.3 is 5.92 Å². The van der Waals surface area contributed by atoms with Crippen LogP contribution in [0.25, 0.3) is 0 Å². The summed E-state index contributed by atoms with van der Waals surface area (Å²) in [6.07, 6.45) is 7.40. The molecule has 0 unspecified atom stereocenters. The molecular weight excluding hydrogens is 197 g/mol. The minimum absolute atomic E-state index is 0.847. The zero-order valence-electron chi connectivity index (χ0n) is 6.62. The third kappa shape index (κ3) is 1.41. The number of rotatable bonds is 2. The fraction of sp³-hybridized carbons (Fsp3) is 0.875. The van der Waals surface area contributed by atoms with Gasteiger partial charge in [-0.15, -0.1) is 5.41 Å². The van der Waals surface area contributed by atoms with Gasteiger partial charge in [0.15, 0.2) is 0 Å². The Morgan fingerprint density at radius 3 is 2.00 bits per heavy atom. The molecule has 3 saturated carbocycles. The molecule has 0 aliphatic heterocycles. The van der Waals surface area contributed by atoms with Gasteiger partial charge in [-0.05, 0) is 0 Å². The Labute approximate surface area is 77.4 Å². The molecule has 54 valence electrons. The quantitative estimate of drug-likeness (QED) is 0.484. The minimum atomic E-state index is 0.847. The van der Waals surface area contributed by atoms with Crippen molar-refractivity contribution >= 4 is 9.69 Å². The van der Waals surface area contributed by atoms with Gasteiger partial charge in [-0.25, -0.2) is 0 Å². The van der Waals surface area contributed by atoms with Crippen molar-refractivity contribution in [1.82, 2.24) is 0 Å². The summed E-state index contributed by atoms with van der Waals surface area (Å²) in [5.74, 6) is 1.85. The molecule has 0 radical (unpaired) electrons. The van der Waals surface area contributed by atoms with E-state index >= 15 is 0 Å². The molecule has 0 nitrogen and oxygen atoms in total. The van der Waals surface area contributed by atoms with Gasteiger partial charge in [0, 0.05) is 0 Å². The first-order valence-corrected chi connectivity index (χ1v) is 7.85. The van der Waals surface area contributed by atoms with Gasteiger partial charge in [-0.2, -0.15) is 19.3 Å². The summed E-state index contributed by atoms with van der Waals surface area (Å²) in [7, 11) is 4.76. The van der Waals surface area contributed by atoms with Crippen molar-refractivity contribution in [1.29, 1.82) is 0 Å². The Hall–Kier alpha value is 0.913. The normalized spacial score (nSPS) is 25.6. The molecule has 0 atom stereocenters. The van der Waals surface area contributed by atoms with Crippen LogP contribution in [0.4, 0.5) is 0 Å². The molecule has 0 spiro atoms. The van der Waals surface area contributed by atoms with Crippen molar-refractivity contribution in [3.05, 3.63) is 5.92 Å². The van der Waals surface area contributed by atoms with Crippen LogP contribution in [0.2, 0.25) is 0 Å². The van der Waals surface area contributed by atoms with Crippen molar-refractivity contribution in [3.63, 3.8) is 0 Å². The third-order valence-electron chi connectivity index (χ3n) is 2.66. The van der Waals surface area contributed by atoms with E-state index in [2.05, 4.69) is 6.92 Å². The molecule has 0 aromatic rings. The summed E-state index contributed by atoms with van der Waals surface area (Å²) < 4.78 is 0. The molecular formula is C8H13ClZn. The third-order valence-corrected chi connectivity index (χ3v) is 2.66. The molecule has 10 heavy (non-hydrogen) atoms. The molecule has 3 aliphatic rings. The number of hydrogen-bond donors (Lipinski definition) is 0. The summed E-state index contributed by atoms with van der Waals surface area (Å²) in [6, 6.07) is 0.